The van der Waals surface area contributed by atoms with Crippen LogP contribution in [0, 0.1) is 5.92 Å². The lowest BCUT2D eigenvalue weighted by Gasteiger charge is -2.49. The molecule has 1 N–H and O–H groups in total. The van der Waals surface area contributed by atoms with Gasteiger partial charge in [0.25, 0.3) is 0 Å². The first-order valence-electron chi connectivity index (χ1n) is 7.76. The van der Waals surface area contributed by atoms with Crippen molar-refractivity contribution in [2.24, 2.45) is 5.92 Å². The standard InChI is InChI=1S/C16H32N2S/c1-6-10-19-11-9-18-13-16(7-2,8-3)17-12-15(18)14(4)5/h6,14-15,17H,1,7-13H2,2-5H3. The van der Waals surface area contributed by atoms with Crippen molar-refractivity contribution < 1.29 is 0 Å². The van der Waals surface area contributed by atoms with Gasteiger partial charge in [-0.3, -0.25) is 4.90 Å². The smallest absolute Gasteiger partial charge is 0.0304 e. The maximum absolute atomic E-state index is 3.83. The SMILES string of the molecule is C=CCSCCN1CC(CC)(CC)NCC1C(C)C. The van der Waals surface area contributed by atoms with Crippen LogP contribution in [-0.2, 0) is 0 Å². The molecular formula is C16H32N2S. The van der Waals surface area contributed by atoms with Crippen molar-refractivity contribution in [1.29, 1.82) is 0 Å². The predicted molar refractivity (Wildman–Crippen MR) is 89.0 cm³/mol. The molecule has 0 amide bonds. The van der Waals surface area contributed by atoms with E-state index in [0.717, 1.165) is 18.2 Å². The molecule has 1 atom stereocenters. The van der Waals surface area contributed by atoms with Crippen LogP contribution in [0.4, 0.5) is 0 Å². The van der Waals surface area contributed by atoms with Crippen LogP contribution in [0.5, 0.6) is 0 Å². The highest BCUT2D eigenvalue weighted by Gasteiger charge is 2.37. The number of nitrogens with zero attached hydrogens (tertiary/aromatic N) is 1. The van der Waals surface area contributed by atoms with E-state index in [4.69, 9.17) is 0 Å². The molecule has 0 aromatic rings. The topological polar surface area (TPSA) is 15.3 Å². The average molecular weight is 285 g/mol. The molecule has 1 saturated heterocycles. The molecule has 1 aliphatic heterocycles. The highest BCUT2D eigenvalue weighted by molar-refractivity contribution is 7.99. The van der Waals surface area contributed by atoms with Gasteiger partial charge < -0.3 is 5.32 Å². The summed E-state index contributed by atoms with van der Waals surface area (Å²) in [5, 5.41) is 3.83. The van der Waals surface area contributed by atoms with Crippen LogP contribution >= 0.6 is 11.8 Å². The molecule has 0 aromatic heterocycles. The first-order chi connectivity index (χ1) is 9.08. The van der Waals surface area contributed by atoms with E-state index in [2.05, 4.69) is 44.5 Å². The van der Waals surface area contributed by atoms with Gasteiger partial charge in [0.1, 0.15) is 0 Å². The predicted octanol–water partition coefficient (Wildman–Crippen LogP) is 3.39. The van der Waals surface area contributed by atoms with Gasteiger partial charge >= 0.3 is 0 Å². The summed E-state index contributed by atoms with van der Waals surface area (Å²) in [6, 6.07) is 0.690. The number of piperazine rings is 1. The second-order valence-corrected chi connectivity index (χ2v) is 7.16. The van der Waals surface area contributed by atoms with Crippen molar-refractivity contribution in [3.8, 4) is 0 Å². The van der Waals surface area contributed by atoms with Crippen LogP contribution in [0.15, 0.2) is 12.7 Å². The van der Waals surface area contributed by atoms with Crippen molar-refractivity contribution in [2.75, 3.05) is 31.1 Å². The Balaban J connectivity index is 2.59. The molecule has 1 rings (SSSR count). The molecule has 2 nitrogen and oxygen atoms in total. The third-order valence-electron chi connectivity index (χ3n) is 4.54. The summed E-state index contributed by atoms with van der Waals surface area (Å²) in [5.41, 5.74) is 0.342. The molecule has 0 saturated carbocycles. The van der Waals surface area contributed by atoms with Gasteiger partial charge in [-0.15, -0.1) is 6.58 Å². The first kappa shape index (κ1) is 17.1. The largest absolute Gasteiger partial charge is 0.308 e. The lowest BCUT2D eigenvalue weighted by atomic mass is 9.86. The zero-order valence-electron chi connectivity index (χ0n) is 13.2. The van der Waals surface area contributed by atoms with Crippen LogP contribution in [0.1, 0.15) is 40.5 Å². The number of rotatable bonds is 8. The number of hydrogen-bond acceptors (Lipinski definition) is 3. The fourth-order valence-electron chi connectivity index (χ4n) is 2.99. The van der Waals surface area contributed by atoms with Gasteiger partial charge in [0.05, 0.1) is 0 Å². The zero-order chi connectivity index (χ0) is 14.3. The van der Waals surface area contributed by atoms with Crippen molar-refractivity contribution in [3.05, 3.63) is 12.7 Å². The molecule has 3 heteroatoms. The minimum Gasteiger partial charge on any atom is -0.308 e. The Labute approximate surface area is 124 Å². The fourth-order valence-corrected chi connectivity index (χ4v) is 3.68. The summed E-state index contributed by atoms with van der Waals surface area (Å²) in [7, 11) is 0. The highest BCUT2D eigenvalue weighted by atomic mass is 32.2. The van der Waals surface area contributed by atoms with Gasteiger partial charge in [0.15, 0.2) is 0 Å². The van der Waals surface area contributed by atoms with Crippen LogP contribution in [-0.4, -0.2) is 47.6 Å². The molecule has 1 unspecified atom stereocenters. The molecule has 1 heterocycles. The van der Waals surface area contributed by atoms with E-state index >= 15 is 0 Å². The van der Waals surface area contributed by atoms with E-state index in [9.17, 15) is 0 Å². The fraction of sp³-hybridized carbons (Fsp3) is 0.875. The maximum Gasteiger partial charge on any atom is 0.0304 e. The van der Waals surface area contributed by atoms with Gasteiger partial charge in [-0.2, -0.15) is 11.8 Å². The Morgan fingerprint density at radius 2 is 2.11 bits per heavy atom. The van der Waals surface area contributed by atoms with E-state index in [1.807, 2.05) is 17.8 Å². The Morgan fingerprint density at radius 1 is 1.42 bits per heavy atom. The van der Waals surface area contributed by atoms with Gasteiger partial charge in [0.2, 0.25) is 0 Å². The van der Waals surface area contributed by atoms with Crippen molar-refractivity contribution in [3.63, 3.8) is 0 Å². The van der Waals surface area contributed by atoms with E-state index < -0.39 is 0 Å². The van der Waals surface area contributed by atoms with Gasteiger partial charge in [-0.05, 0) is 18.8 Å². The van der Waals surface area contributed by atoms with E-state index in [1.165, 1.54) is 31.7 Å². The van der Waals surface area contributed by atoms with Gasteiger partial charge in [-0.1, -0.05) is 33.8 Å². The van der Waals surface area contributed by atoms with E-state index in [1.54, 1.807) is 0 Å². The quantitative estimate of drug-likeness (QED) is 0.543. The zero-order valence-corrected chi connectivity index (χ0v) is 14.1. The second kappa shape index (κ2) is 8.33. The Bertz CT molecular complexity index is 261. The summed E-state index contributed by atoms with van der Waals surface area (Å²) < 4.78 is 0. The Morgan fingerprint density at radius 3 is 2.63 bits per heavy atom. The lowest BCUT2D eigenvalue weighted by molar-refractivity contribution is 0.0559. The van der Waals surface area contributed by atoms with E-state index in [0.29, 0.717) is 11.6 Å². The van der Waals surface area contributed by atoms with Crippen molar-refractivity contribution in [2.45, 2.75) is 52.1 Å². The number of nitrogens with one attached hydrogen (secondary N) is 1. The van der Waals surface area contributed by atoms with Crippen LogP contribution < -0.4 is 5.32 Å². The molecular weight excluding hydrogens is 252 g/mol. The van der Waals surface area contributed by atoms with Gasteiger partial charge in [0, 0.05) is 42.7 Å². The maximum atomic E-state index is 3.83. The monoisotopic (exact) mass is 284 g/mol. The molecule has 0 aliphatic carbocycles. The lowest BCUT2D eigenvalue weighted by Crippen LogP contribution is -2.65. The highest BCUT2D eigenvalue weighted by Crippen LogP contribution is 2.25. The summed E-state index contributed by atoms with van der Waals surface area (Å²) in [6.45, 7) is 16.7. The summed E-state index contributed by atoms with van der Waals surface area (Å²) in [4.78, 5) is 2.73. The Hall–Kier alpha value is 0.01000. The van der Waals surface area contributed by atoms with Gasteiger partial charge in [-0.25, -0.2) is 0 Å². The summed E-state index contributed by atoms with van der Waals surface area (Å²) >= 11 is 2.00. The van der Waals surface area contributed by atoms with E-state index in [-0.39, 0.29) is 0 Å². The first-order valence-corrected chi connectivity index (χ1v) is 8.91. The van der Waals surface area contributed by atoms with Crippen molar-refractivity contribution in [1.82, 2.24) is 10.2 Å². The van der Waals surface area contributed by atoms with Crippen molar-refractivity contribution >= 4 is 11.8 Å². The molecule has 112 valence electrons. The summed E-state index contributed by atoms with van der Waals surface area (Å²) in [6.07, 6.45) is 4.46. The Kier molecular flexibility index (Phi) is 7.48. The number of hydrogen-bond donors (Lipinski definition) is 1. The molecule has 0 spiro atoms. The molecule has 0 bridgehead atoms. The molecule has 1 aliphatic rings. The average Bonchev–Trinajstić information content (AvgIpc) is 2.43. The molecule has 0 radical (unpaired) electrons. The normalized spacial score (nSPS) is 23.7. The van der Waals surface area contributed by atoms with Crippen LogP contribution in [0.3, 0.4) is 0 Å². The molecule has 19 heavy (non-hydrogen) atoms. The summed E-state index contributed by atoms with van der Waals surface area (Å²) in [5.74, 6) is 3.02. The molecule has 0 aromatic carbocycles. The number of thioether (sulfide) groups is 1. The molecule has 1 fully saturated rings. The minimum atomic E-state index is 0.342. The third kappa shape index (κ3) is 4.80. The minimum absolute atomic E-state index is 0.342. The third-order valence-corrected chi connectivity index (χ3v) is 5.49. The van der Waals surface area contributed by atoms with Crippen LogP contribution in [0.2, 0.25) is 0 Å². The second-order valence-electron chi connectivity index (χ2n) is 6.01. The van der Waals surface area contributed by atoms with Crippen LogP contribution in [0.25, 0.3) is 0 Å².